The van der Waals surface area contributed by atoms with Crippen molar-refractivity contribution in [2.24, 2.45) is 0 Å². The van der Waals surface area contributed by atoms with Gasteiger partial charge in [0.05, 0.1) is 7.11 Å². The molecule has 2 aromatic heterocycles. The van der Waals surface area contributed by atoms with Crippen molar-refractivity contribution in [1.29, 1.82) is 0 Å². The second-order valence-corrected chi connectivity index (χ2v) is 8.08. The molecule has 156 valence electrons. The molecule has 0 radical (unpaired) electrons. The van der Waals surface area contributed by atoms with Gasteiger partial charge in [0.2, 0.25) is 0 Å². The van der Waals surface area contributed by atoms with Gasteiger partial charge in [-0.1, -0.05) is 25.5 Å². The van der Waals surface area contributed by atoms with Gasteiger partial charge in [-0.2, -0.15) is 5.10 Å². The summed E-state index contributed by atoms with van der Waals surface area (Å²) < 4.78 is 13.5. The monoisotopic (exact) mass is 413 g/mol. The van der Waals surface area contributed by atoms with Gasteiger partial charge >= 0.3 is 0 Å². The SMILES string of the molecule is CCN(CCCCCn1cccn1)Cc1ccc(OCc2cccs2)c(OC)c1. The number of ether oxygens (including phenoxy) is 2. The molecule has 0 saturated heterocycles. The summed E-state index contributed by atoms with van der Waals surface area (Å²) in [7, 11) is 1.70. The van der Waals surface area contributed by atoms with Crippen molar-refractivity contribution in [2.75, 3.05) is 20.2 Å². The first-order valence-corrected chi connectivity index (χ1v) is 11.2. The van der Waals surface area contributed by atoms with Gasteiger partial charge in [-0.15, -0.1) is 11.3 Å². The summed E-state index contributed by atoms with van der Waals surface area (Å²) >= 11 is 1.70. The first kappa shape index (κ1) is 21.4. The van der Waals surface area contributed by atoms with E-state index in [2.05, 4.69) is 40.5 Å². The van der Waals surface area contributed by atoms with E-state index >= 15 is 0 Å². The maximum atomic E-state index is 5.95. The molecule has 3 aromatic rings. The Morgan fingerprint density at radius 3 is 2.76 bits per heavy atom. The molecule has 5 nitrogen and oxygen atoms in total. The zero-order valence-electron chi connectivity index (χ0n) is 17.4. The topological polar surface area (TPSA) is 39.5 Å². The molecule has 0 saturated carbocycles. The zero-order valence-corrected chi connectivity index (χ0v) is 18.2. The van der Waals surface area contributed by atoms with Crippen LogP contribution in [0.2, 0.25) is 0 Å². The molecule has 29 heavy (non-hydrogen) atoms. The van der Waals surface area contributed by atoms with Crippen molar-refractivity contribution >= 4 is 11.3 Å². The number of methoxy groups -OCH3 is 1. The highest BCUT2D eigenvalue weighted by Gasteiger charge is 2.09. The van der Waals surface area contributed by atoms with Crippen LogP contribution in [0.25, 0.3) is 0 Å². The molecule has 0 atom stereocenters. The molecule has 0 amide bonds. The van der Waals surface area contributed by atoms with Crippen LogP contribution in [0, 0.1) is 0 Å². The third-order valence-corrected chi connectivity index (χ3v) is 5.80. The van der Waals surface area contributed by atoms with Crippen molar-refractivity contribution in [1.82, 2.24) is 14.7 Å². The lowest BCUT2D eigenvalue weighted by Crippen LogP contribution is -2.24. The van der Waals surface area contributed by atoms with Crippen LogP contribution in [0.1, 0.15) is 36.6 Å². The van der Waals surface area contributed by atoms with Crippen LogP contribution >= 0.6 is 11.3 Å². The van der Waals surface area contributed by atoms with Gasteiger partial charge in [0.1, 0.15) is 6.61 Å². The highest BCUT2D eigenvalue weighted by molar-refractivity contribution is 7.09. The molecular formula is C23H31N3O2S. The number of benzene rings is 1. The first-order valence-electron chi connectivity index (χ1n) is 10.3. The molecule has 0 aliphatic heterocycles. The molecule has 0 aliphatic rings. The van der Waals surface area contributed by atoms with Gasteiger partial charge < -0.3 is 9.47 Å². The number of rotatable bonds is 13. The molecule has 3 rings (SSSR count). The molecule has 6 heteroatoms. The van der Waals surface area contributed by atoms with E-state index in [9.17, 15) is 0 Å². The van der Waals surface area contributed by atoms with E-state index in [1.807, 2.05) is 35.3 Å². The van der Waals surface area contributed by atoms with Crippen LogP contribution in [0.5, 0.6) is 11.5 Å². The number of aryl methyl sites for hydroxylation is 1. The average molecular weight is 414 g/mol. The summed E-state index contributed by atoms with van der Waals surface area (Å²) in [6, 6.07) is 12.4. The van der Waals surface area contributed by atoms with E-state index in [-0.39, 0.29) is 0 Å². The molecule has 2 heterocycles. The second-order valence-electron chi connectivity index (χ2n) is 7.05. The van der Waals surface area contributed by atoms with E-state index in [1.54, 1.807) is 18.4 Å². The van der Waals surface area contributed by atoms with Crippen molar-refractivity contribution < 1.29 is 9.47 Å². The van der Waals surface area contributed by atoms with Gasteiger partial charge in [-0.25, -0.2) is 0 Å². The van der Waals surface area contributed by atoms with Crippen LogP contribution in [0.15, 0.2) is 54.2 Å². The van der Waals surface area contributed by atoms with E-state index in [1.165, 1.54) is 29.7 Å². The van der Waals surface area contributed by atoms with E-state index < -0.39 is 0 Å². The molecule has 0 fully saturated rings. The Labute approximate surface area is 177 Å². The average Bonchev–Trinajstić information content (AvgIpc) is 3.45. The lowest BCUT2D eigenvalue weighted by molar-refractivity contribution is 0.269. The number of thiophene rings is 1. The smallest absolute Gasteiger partial charge is 0.161 e. The van der Waals surface area contributed by atoms with Crippen LogP contribution in [-0.2, 0) is 19.7 Å². The van der Waals surface area contributed by atoms with E-state index in [0.29, 0.717) is 6.61 Å². The minimum Gasteiger partial charge on any atom is -0.493 e. The number of unbranched alkanes of at least 4 members (excludes halogenated alkanes) is 2. The molecule has 0 unspecified atom stereocenters. The molecular weight excluding hydrogens is 382 g/mol. The van der Waals surface area contributed by atoms with Gasteiger partial charge in [0, 0.05) is 30.4 Å². The quantitative estimate of drug-likeness (QED) is 0.360. The lowest BCUT2D eigenvalue weighted by atomic mass is 10.1. The number of hydrogen-bond donors (Lipinski definition) is 0. The van der Waals surface area contributed by atoms with Crippen LogP contribution in [0.4, 0.5) is 0 Å². The summed E-state index contributed by atoms with van der Waals surface area (Å²) in [5.74, 6) is 1.60. The molecule has 0 spiro atoms. The number of hydrogen-bond acceptors (Lipinski definition) is 5. The Morgan fingerprint density at radius 1 is 1.10 bits per heavy atom. The van der Waals surface area contributed by atoms with E-state index in [4.69, 9.17) is 9.47 Å². The summed E-state index contributed by atoms with van der Waals surface area (Å²) in [4.78, 5) is 3.69. The molecule has 0 bridgehead atoms. The normalized spacial score (nSPS) is 11.1. The first-order chi connectivity index (χ1) is 14.3. The van der Waals surface area contributed by atoms with Crippen molar-refractivity contribution in [2.45, 2.75) is 45.9 Å². The Balaban J connectivity index is 1.45. The fourth-order valence-electron chi connectivity index (χ4n) is 3.30. The number of nitrogens with zero attached hydrogens (tertiary/aromatic N) is 3. The zero-order chi connectivity index (χ0) is 20.3. The minimum atomic E-state index is 0.576. The minimum absolute atomic E-state index is 0.576. The maximum absolute atomic E-state index is 5.95. The maximum Gasteiger partial charge on any atom is 0.161 e. The Bertz CT molecular complexity index is 819. The molecule has 0 aliphatic carbocycles. The standard InChI is InChI=1S/C23H31N3O2S/c1-3-25(13-5-4-6-14-26-15-8-12-24-26)18-20-10-11-22(23(17-20)27-2)28-19-21-9-7-16-29-21/h7-12,15-17H,3-6,13-14,18-19H2,1-2H3. The van der Waals surface area contributed by atoms with Gasteiger partial charge in [0.25, 0.3) is 0 Å². The molecule has 0 N–H and O–H groups in total. The Kier molecular flexibility index (Phi) is 8.58. The third-order valence-electron chi connectivity index (χ3n) is 4.95. The molecule has 1 aromatic carbocycles. The van der Waals surface area contributed by atoms with Crippen LogP contribution < -0.4 is 9.47 Å². The van der Waals surface area contributed by atoms with Crippen molar-refractivity contribution in [3.63, 3.8) is 0 Å². The summed E-state index contributed by atoms with van der Waals surface area (Å²) in [5, 5.41) is 6.32. The van der Waals surface area contributed by atoms with Gasteiger partial charge in [-0.05, 0) is 61.1 Å². The van der Waals surface area contributed by atoms with E-state index in [0.717, 1.165) is 37.7 Å². The van der Waals surface area contributed by atoms with Gasteiger partial charge in [0.15, 0.2) is 11.5 Å². The highest BCUT2D eigenvalue weighted by atomic mass is 32.1. The van der Waals surface area contributed by atoms with Crippen molar-refractivity contribution in [3.8, 4) is 11.5 Å². The number of aromatic nitrogens is 2. The predicted molar refractivity (Wildman–Crippen MR) is 119 cm³/mol. The Hall–Kier alpha value is -2.31. The highest BCUT2D eigenvalue weighted by Crippen LogP contribution is 2.29. The van der Waals surface area contributed by atoms with Crippen LogP contribution in [0.3, 0.4) is 0 Å². The summed E-state index contributed by atoms with van der Waals surface area (Å²) in [5.41, 5.74) is 1.25. The fraction of sp³-hybridized carbons (Fsp3) is 0.435. The predicted octanol–water partition coefficient (Wildman–Crippen LogP) is 5.22. The summed E-state index contributed by atoms with van der Waals surface area (Å²) in [6.45, 7) is 6.87. The van der Waals surface area contributed by atoms with Gasteiger partial charge in [-0.3, -0.25) is 9.58 Å². The third kappa shape index (κ3) is 6.91. The van der Waals surface area contributed by atoms with Crippen molar-refractivity contribution in [3.05, 3.63) is 64.6 Å². The van der Waals surface area contributed by atoms with Crippen LogP contribution in [-0.4, -0.2) is 34.9 Å². The lowest BCUT2D eigenvalue weighted by Gasteiger charge is -2.21. The fourth-order valence-corrected chi connectivity index (χ4v) is 3.92. The summed E-state index contributed by atoms with van der Waals surface area (Å²) in [6.07, 6.45) is 7.46. The Morgan fingerprint density at radius 2 is 2.03 bits per heavy atom. The second kappa shape index (κ2) is 11.6. The largest absolute Gasteiger partial charge is 0.493 e.